The van der Waals surface area contributed by atoms with Crippen molar-refractivity contribution in [2.24, 2.45) is 0 Å². The largest absolute Gasteiger partial charge is 0.132 e. The second-order valence-electron chi connectivity index (χ2n) is 3.25. The van der Waals surface area contributed by atoms with Crippen molar-refractivity contribution in [2.75, 3.05) is 11.5 Å². The van der Waals surface area contributed by atoms with Crippen molar-refractivity contribution in [1.82, 2.24) is 0 Å². The van der Waals surface area contributed by atoms with Crippen molar-refractivity contribution in [1.29, 1.82) is 0 Å². The Morgan fingerprint density at radius 1 is 1.14 bits per heavy atom. The summed E-state index contributed by atoms with van der Waals surface area (Å²) < 4.78 is 0. The Labute approximate surface area is 94.2 Å². The minimum Gasteiger partial charge on any atom is -0.132 e. The molecule has 0 nitrogen and oxygen atoms in total. The predicted octanol–water partition coefficient (Wildman–Crippen LogP) is 4.03. The Bertz CT molecular complexity index is 325. The first-order valence-electron chi connectivity index (χ1n) is 4.94. The number of hydrogen-bond acceptors (Lipinski definition) is 2. The maximum absolute atomic E-state index is 2.29. The lowest BCUT2D eigenvalue weighted by Crippen LogP contribution is -1.91. The molecule has 0 bridgehead atoms. The summed E-state index contributed by atoms with van der Waals surface area (Å²) >= 11 is 3.89. The van der Waals surface area contributed by atoms with Crippen LogP contribution in [0.15, 0.2) is 29.7 Å². The maximum Gasteiger partial charge on any atom is 0.0208 e. The molecule has 0 saturated carbocycles. The van der Waals surface area contributed by atoms with E-state index in [1.807, 2.05) is 23.5 Å². The summed E-state index contributed by atoms with van der Waals surface area (Å²) in [6.07, 6.45) is 1.13. The molecule has 1 aliphatic rings. The van der Waals surface area contributed by atoms with E-state index < -0.39 is 0 Å². The van der Waals surface area contributed by atoms with E-state index in [0.29, 0.717) is 0 Å². The van der Waals surface area contributed by atoms with Crippen LogP contribution in [0.5, 0.6) is 0 Å². The monoisotopic (exact) mass is 222 g/mol. The standard InChI is InChI=1S/C12H14S2/c1-2-10-3-5-11(6-4-10)12-9-13-7-8-14-12/h3-6,9H,2,7-8H2,1H3. The van der Waals surface area contributed by atoms with Crippen molar-refractivity contribution >= 4 is 28.4 Å². The second kappa shape index (κ2) is 4.94. The van der Waals surface area contributed by atoms with Crippen LogP contribution in [-0.4, -0.2) is 11.5 Å². The van der Waals surface area contributed by atoms with Crippen LogP contribution in [-0.2, 0) is 6.42 Å². The zero-order valence-corrected chi connectivity index (χ0v) is 9.96. The molecule has 0 atom stereocenters. The van der Waals surface area contributed by atoms with Gasteiger partial charge in [0.25, 0.3) is 0 Å². The van der Waals surface area contributed by atoms with Crippen LogP contribution in [0.25, 0.3) is 4.91 Å². The van der Waals surface area contributed by atoms with Crippen LogP contribution in [0.2, 0.25) is 0 Å². The van der Waals surface area contributed by atoms with Gasteiger partial charge in [0, 0.05) is 16.4 Å². The molecule has 1 aromatic rings. The summed E-state index contributed by atoms with van der Waals surface area (Å²) in [6, 6.07) is 8.94. The molecule has 14 heavy (non-hydrogen) atoms. The van der Waals surface area contributed by atoms with E-state index in [-0.39, 0.29) is 0 Å². The number of aryl methyl sites for hydroxylation is 1. The van der Waals surface area contributed by atoms with Gasteiger partial charge in [-0.2, -0.15) is 0 Å². The van der Waals surface area contributed by atoms with Gasteiger partial charge in [0.05, 0.1) is 0 Å². The SMILES string of the molecule is CCc1ccc(C2=CSCCS2)cc1. The quantitative estimate of drug-likeness (QED) is 0.741. The summed E-state index contributed by atoms with van der Waals surface area (Å²) in [4.78, 5) is 1.43. The van der Waals surface area contributed by atoms with E-state index >= 15 is 0 Å². The van der Waals surface area contributed by atoms with E-state index in [1.54, 1.807) is 0 Å². The molecule has 0 unspecified atom stereocenters. The van der Waals surface area contributed by atoms with Crippen LogP contribution < -0.4 is 0 Å². The molecule has 0 spiro atoms. The van der Waals surface area contributed by atoms with Gasteiger partial charge in [0.2, 0.25) is 0 Å². The highest BCUT2D eigenvalue weighted by molar-refractivity contribution is 8.13. The Balaban J connectivity index is 2.19. The van der Waals surface area contributed by atoms with E-state index in [1.165, 1.54) is 27.5 Å². The van der Waals surface area contributed by atoms with Crippen LogP contribution in [0, 0.1) is 0 Å². The second-order valence-corrected chi connectivity index (χ2v) is 5.37. The first-order valence-corrected chi connectivity index (χ1v) is 6.97. The smallest absolute Gasteiger partial charge is 0.0208 e. The Morgan fingerprint density at radius 2 is 1.93 bits per heavy atom. The summed E-state index contributed by atoms with van der Waals surface area (Å²) in [5, 5.41) is 2.29. The average Bonchev–Trinajstić information content (AvgIpc) is 2.30. The van der Waals surface area contributed by atoms with Gasteiger partial charge in [0.1, 0.15) is 0 Å². The lowest BCUT2D eigenvalue weighted by molar-refractivity contribution is 1.14. The lowest BCUT2D eigenvalue weighted by atomic mass is 10.1. The molecule has 1 aromatic carbocycles. The molecule has 1 heterocycles. The predicted molar refractivity (Wildman–Crippen MR) is 68.7 cm³/mol. The van der Waals surface area contributed by atoms with Crippen molar-refractivity contribution in [2.45, 2.75) is 13.3 Å². The topological polar surface area (TPSA) is 0 Å². The summed E-state index contributed by atoms with van der Waals surface area (Å²) in [7, 11) is 0. The van der Waals surface area contributed by atoms with Gasteiger partial charge in [-0.1, -0.05) is 31.2 Å². The van der Waals surface area contributed by atoms with Gasteiger partial charge in [-0.25, -0.2) is 0 Å². The first kappa shape index (κ1) is 10.2. The van der Waals surface area contributed by atoms with Gasteiger partial charge in [-0.3, -0.25) is 0 Å². The maximum atomic E-state index is 2.29. The molecule has 0 fully saturated rings. The van der Waals surface area contributed by atoms with E-state index in [0.717, 1.165) is 6.42 Å². The highest BCUT2D eigenvalue weighted by Gasteiger charge is 2.06. The van der Waals surface area contributed by atoms with Crippen LogP contribution in [0.4, 0.5) is 0 Å². The molecule has 0 amide bonds. The number of benzene rings is 1. The van der Waals surface area contributed by atoms with E-state index in [4.69, 9.17) is 0 Å². The molecule has 1 aliphatic heterocycles. The number of rotatable bonds is 2. The molecular formula is C12H14S2. The molecule has 2 heteroatoms. The summed E-state index contributed by atoms with van der Waals surface area (Å²) in [5.74, 6) is 2.49. The Kier molecular flexibility index (Phi) is 3.60. The zero-order chi connectivity index (χ0) is 9.80. The highest BCUT2D eigenvalue weighted by atomic mass is 32.2. The van der Waals surface area contributed by atoms with Crippen molar-refractivity contribution in [3.05, 3.63) is 40.8 Å². The fraction of sp³-hybridized carbons (Fsp3) is 0.333. The van der Waals surface area contributed by atoms with Gasteiger partial charge in [-0.15, -0.1) is 23.5 Å². The lowest BCUT2D eigenvalue weighted by Gasteiger charge is -2.12. The highest BCUT2D eigenvalue weighted by Crippen LogP contribution is 2.34. The third-order valence-electron chi connectivity index (χ3n) is 2.30. The minimum atomic E-state index is 1.13. The van der Waals surface area contributed by atoms with Gasteiger partial charge < -0.3 is 0 Å². The zero-order valence-electron chi connectivity index (χ0n) is 8.32. The Hall–Kier alpha value is -0.340. The number of thioether (sulfide) groups is 2. The molecular weight excluding hydrogens is 208 g/mol. The Morgan fingerprint density at radius 3 is 2.50 bits per heavy atom. The van der Waals surface area contributed by atoms with Crippen molar-refractivity contribution in [3.63, 3.8) is 0 Å². The molecule has 0 saturated heterocycles. The third-order valence-corrected chi connectivity index (χ3v) is 4.62. The van der Waals surface area contributed by atoms with Crippen molar-refractivity contribution in [3.8, 4) is 0 Å². The van der Waals surface area contributed by atoms with Crippen LogP contribution in [0.3, 0.4) is 0 Å². The molecule has 0 N–H and O–H groups in total. The average molecular weight is 222 g/mol. The molecule has 0 radical (unpaired) electrons. The first-order chi connectivity index (χ1) is 6.90. The van der Waals surface area contributed by atoms with Crippen LogP contribution in [0.1, 0.15) is 18.1 Å². The molecule has 2 rings (SSSR count). The van der Waals surface area contributed by atoms with Crippen LogP contribution >= 0.6 is 23.5 Å². The third kappa shape index (κ3) is 2.37. The van der Waals surface area contributed by atoms with Gasteiger partial charge in [-0.05, 0) is 23.0 Å². The van der Waals surface area contributed by atoms with Gasteiger partial charge in [0.15, 0.2) is 0 Å². The minimum absolute atomic E-state index is 1.13. The summed E-state index contributed by atoms with van der Waals surface area (Å²) in [5.41, 5.74) is 2.79. The van der Waals surface area contributed by atoms with E-state index in [9.17, 15) is 0 Å². The molecule has 0 aliphatic carbocycles. The summed E-state index contributed by atoms with van der Waals surface area (Å²) in [6.45, 7) is 2.19. The van der Waals surface area contributed by atoms with Crippen molar-refractivity contribution < 1.29 is 0 Å². The fourth-order valence-corrected chi connectivity index (χ4v) is 3.55. The molecule has 0 aromatic heterocycles. The van der Waals surface area contributed by atoms with E-state index in [2.05, 4.69) is 36.6 Å². The van der Waals surface area contributed by atoms with Gasteiger partial charge >= 0.3 is 0 Å². The fourth-order valence-electron chi connectivity index (χ4n) is 1.42. The normalized spacial score (nSPS) is 16.5. The molecule has 74 valence electrons. The number of hydrogen-bond donors (Lipinski definition) is 0.